The maximum atomic E-state index is 13.9. The van der Waals surface area contributed by atoms with Crippen LogP contribution in [0.1, 0.15) is 111 Å². The molecule has 354 valence electrons. The molecule has 4 N–H and O–H groups in total. The number of carbonyl (C=O) groups excluding carboxylic acids is 2. The van der Waals surface area contributed by atoms with Crippen molar-refractivity contribution in [3.05, 3.63) is 161 Å². The number of ether oxygens (including phenoxy) is 2. The number of sulfonamides is 1. The van der Waals surface area contributed by atoms with Gasteiger partial charge in [-0.15, -0.1) is 0 Å². The van der Waals surface area contributed by atoms with Gasteiger partial charge in [-0.25, -0.2) is 8.42 Å². The number of aliphatic hydroxyl groups excluding tert-OH is 1. The van der Waals surface area contributed by atoms with Crippen molar-refractivity contribution in [1.82, 2.24) is 20.3 Å². The third kappa shape index (κ3) is 12.5. The van der Waals surface area contributed by atoms with Crippen molar-refractivity contribution in [3.8, 4) is 11.1 Å². The second-order valence-electron chi connectivity index (χ2n) is 19.7. The van der Waals surface area contributed by atoms with Crippen LogP contribution in [0.25, 0.3) is 11.1 Å². The van der Waals surface area contributed by atoms with Crippen LogP contribution in [0.15, 0.2) is 132 Å². The van der Waals surface area contributed by atoms with E-state index in [4.69, 9.17) is 9.47 Å². The van der Waals surface area contributed by atoms with E-state index in [1.807, 2.05) is 131 Å². The number of benzene rings is 5. The fourth-order valence-corrected chi connectivity index (χ4v) is 11.2. The first kappa shape index (κ1) is 48.3. The Hall–Kier alpha value is -5.21. The Balaban J connectivity index is 0.983. The normalized spacial score (nSPS) is 22.9. The van der Waals surface area contributed by atoms with Gasteiger partial charge in [-0.1, -0.05) is 128 Å². The van der Waals surface area contributed by atoms with Crippen molar-refractivity contribution in [2.24, 2.45) is 5.92 Å². The van der Waals surface area contributed by atoms with Crippen LogP contribution < -0.4 is 15.4 Å². The van der Waals surface area contributed by atoms with Crippen LogP contribution in [-0.2, 0) is 48.7 Å². The Bertz CT molecular complexity index is 2550. The van der Waals surface area contributed by atoms with Gasteiger partial charge < -0.3 is 25.2 Å². The van der Waals surface area contributed by atoms with Crippen molar-refractivity contribution >= 4 is 21.8 Å². The molecule has 8 rings (SSSR count). The van der Waals surface area contributed by atoms with Gasteiger partial charge in [0.15, 0.2) is 6.29 Å². The van der Waals surface area contributed by atoms with E-state index in [0.717, 1.165) is 63.8 Å². The lowest BCUT2D eigenvalue weighted by Gasteiger charge is -2.50. The van der Waals surface area contributed by atoms with Gasteiger partial charge in [-0.05, 0) is 117 Å². The molecular formula is C55H66N4O7S. The summed E-state index contributed by atoms with van der Waals surface area (Å²) in [4.78, 5) is 30.3. The Morgan fingerprint density at radius 2 is 1.46 bits per heavy atom. The van der Waals surface area contributed by atoms with Crippen molar-refractivity contribution in [2.75, 3.05) is 6.54 Å². The molecule has 2 heterocycles. The minimum atomic E-state index is -3.98. The van der Waals surface area contributed by atoms with E-state index in [-0.39, 0.29) is 54.2 Å². The fourth-order valence-electron chi connectivity index (χ4n) is 10.0. The summed E-state index contributed by atoms with van der Waals surface area (Å²) in [7, 11) is -3.98. The van der Waals surface area contributed by atoms with Crippen LogP contribution in [0.4, 0.5) is 0 Å². The highest BCUT2D eigenvalue weighted by molar-refractivity contribution is 7.89. The number of amides is 2. The zero-order chi connectivity index (χ0) is 47.1. The second kappa shape index (κ2) is 21.4. The largest absolute Gasteiger partial charge is 0.392 e. The number of hydrogen-bond acceptors (Lipinski definition) is 8. The first-order valence-corrected chi connectivity index (χ1v) is 25.4. The van der Waals surface area contributed by atoms with Crippen LogP contribution in [0.5, 0.6) is 0 Å². The van der Waals surface area contributed by atoms with Crippen LogP contribution >= 0.6 is 0 Å². The molecule has 2 amide bonds. The lowest BCUT2D eigenvalue weighted by molar-refractivity contribution is -0.255. The van der Waals surface area contributed by atoms with Gasteiger partial charge in [-0.2, -0.15) is 4.72 Å². The van der Waals surface area contributed by atoms with Crippen molar-refractivity contribution in [3.63, 3.8) is 0 Å². The highest BCUT2D eigenvalue weighted by Gasteiger charge is 2.44. The van der Waals surface area contributed by atoms with Gasteiger partial charge in [0.1, 0.15) is 6.04 Å². The third-order valence-electron chi connectivity index (χ3n) is 13.5. The zero-order valence-electron chi connectivity index (χ0n) is 39.2. The topological polar surface area (TPSA) is 146 Å². The van der Waals surface area contributed by atoms with E-state index < -0.39 is 28.3 Å². The lowest BCUT2D eigenvalue weighted by atomic mass is 9.75. The van der Waals surface area contributed by atoms with E-state index in [2.05, 4.69) is 20.3 Å². The molecule has 12 heteroatoms. The molecule has 1 saturated carbocycles. The maximum Gasteiger partial charge on any atom is 0.241 e. The smallest absolute Gasteiger partial charge is 0.241 e. The summed E-state index contributed by atoms with van der Waals surface area (Å²) in [5, 5.41) is 16.0. The lowest BCUT2D eigenvalue weighted by Crippen LogP contribution is -2.61. The molecule has 5 aromatic carbocycles. The summed E-state index contributed by atoms with van der Waals surface area (Å²) in [6.45, 7) is 8.79. The summed E-state index contributed by atoms with van der Waals surface area (Å²) in [5.41, 5.74) is 6.95. The molecule has 5 aromatic rings. The number of piperidine rings is 1. The molecule has 7 unspecified atom stereocenters. The molecular weight excluding hydrogens is 861 g/mol. The first-order chi connectivity index (χ1) is 32.2. The van der Waals surface area contributed by atoms with Crippen molar-refractivity contribution in [1.29, 1.82) is 0 Å². The Morgan fingerprint density at radius 1 is 0.761 bits per heavy atom. The quantitative estimate of drug-likeness (QED) is 0.0815. The highest BCUT2D eigenvalue weighted by atomic mass is 32.2. The van der Waals surface area contributed by atoms with Crippen molar-refractivity contribution < 1.29 is 32.6 Å². The average Bonchev–Trinajstić information content (AvgIpc) is 3.33. The molecule has 1 aliphatic carbocycles. The van der Waals surface area contributed by atoms with E-state index >= 15 is 0 Å². The van der Waals surface area contributed by atoms with Crippen LogP contribution in [0.2, 0.25) is 0 Å². The fraction of sp³-hybridized carbons (Fsp3) is 0.418. The zero-order valence-corrected chi connectivity index (χ0v) is 40.0. The van der Waals surface area contributed by atoms with E-state index in [1.165, 1.54) is 19.3 Å². The Kier molecular flexibility index (Phi) is 15.4. The Morgan fingerprint density at radius 3 is 2.18 bits per heavy atom. The third-order valence-corrected chi connectivity index (χ3v) is 15.0. The SMILES string of the molecule is Cc1ccc(S(=O)(=O)NC(Cc2ccccc2)C(=O)NCc2cccc(-c3ccc(C4OC(CN5C(C(=O)NC(C)(C)C)CCC6CCCCC65)CC(c5ccc(CO)cc5)O4)cc3)c2)cc1. The minimum absolute atomic E-state index is 0.0340. The summed E-state index contributed by atoms with van der Waals surface area (Å²) in [6.07, 6.45) is 6.29. The molecule has 7 atom stereocenters. The van der Waals surface area contributed by atoms with E-state index in [1.54, 1.807) is 24.3 Å². The molecule has 11 nitrogen and oxygen atoms in total. The van der Waals surface area contributed by atoms with Gasteiger partial charge >= 0.3 is 0 Å². The first-order valence-electron chi connectivity index (χ1n) is 23.9. The van der Waals surface area contributed by atoms with E-state index in [0.29, 0.717) is 24.9 Å². The maximum absolute atomic E-state index is 13.9. The predicted octanol–water partition coefficient (Wildman–Crippen LogP) is 8.84. The summed E-state index contributed by atoms with van der Waals surface area (Å²) >= 11 is 0. The monoisotopic (exact) mass is 926 g/mol. The number of fused-ring (bicyclic) bond motifs is 1. The predicted molar refractivity (Wildman–Crippen MR) is 261 cm³/mol. The van der Waals surface area contributed by atoms with Crippen LogP contribution in [0, 0.1) is 12.8 Å². The number of hydrogen-bond donors (Lipinski definition) is 4. The number of nitrogens with one attached hydrogen (secondary N) is 3. The minimum Gasteiger partial charge on any atom is -0.392 e. The van der Waals surface area contributed by atoms with Gasteiger partial charge in [-0.3, -0.25) is 14.5 Å². The number of rotatable bonds is 15. The molecule has 0 aromatic heterocycles. The van der Waals surface area contributed by atoms with Gasteiger partial charge in [0.2, 0.25) is 21.8 Å². The molecule has 0 spiro atoms. The average molecular weight is 927 g/mol. The van der Waals surface area contributed by atoms with Crippen LogP contribution in [-0.4, -0.2) is 66.6 Å². The molecule has 0 radical (unpaired) electrons. The molecule has 67 heavy (non-hydrogen) atoms. The van der Waals surface area contributed by atoms with E-state index in [9.17, 15) is 23.1 Å². The summed E-state index contributed by atoms with van der Waals surface area (Å²) < 4.78 is 43.2. The number of nitrogens with zero attached hydrogens (tertiary/aromatic N) is 1. The van der Waals surface area contributed by atoms with Gasteiger partial charge in [0.05, 0.1) is 29.8 Å². The number of aryl methyl sites for hydroxylation is 1. The van der Waals surface area contributed by atoms with Gasteiger partial charge in [0, 0.05) is 36.7 Å². The van der Waals surface area contributed by atoms with Gasteiger partial charge in [0.25, 0.3) is 0 Å². The molecule has 2 aliphatic heterocycles. The molecule has 3 aliphatic rings. The van der Waals surface area contributed by atoms with Crippen LogP contribution in [0.3, 0.4) is 0 Å². The Labute approximate surface area is 396 Å². The number of likely N-dealkylation sites (tertiary alicyclic amines) is 1. The standard InChI is InChI=1S/C55H66N4O7S/c1-37-17-28-47(29-18-37)67(63,64)58-48(32-38-11-6-5-7-12-38)52(61)56-34-40-13-10-15-45(31-40)41-23-25-44(26-24-41)54-65-46(33-51(66-54)43-21-19-39(36-60)20-22-43)35-59-49-16-9-8-14-42(49)27-30-50(59)53(62)57-55(2,3)4/h5-7,10-13,15,17-26,28-29,31,42,46,48-51,54,58,60H,8-9,14,16,27,30,32-36H2,1-4H3,(H,56,61)(H,57,62). The summed E-state index contributed by atoms with van der Waals surface area (Å²) in [6, 6.07) is 39.0. The number of carbonyl (C=O) groups is 2. The summed E-state index contributed by atoms with van der Waals surface area (Å²) in [5.74, 6) is 0.242. The molecule has 0 bridgehead atoms. The highest BCUT2D eigenvalue weighted by Crippen LogP contribution is 2.42. The molecule has 3 fully saturated rings. The number of aliphatic hydroxyl groups is 1. The van der Waals surface area contributed by atoms with Crippen molar-refractivity contribution in [2.45, 2.75) is 139 Å². The second-order valence-corrected chi connectivity index (χ2v) is 21.4. The molecule has 2 saturated heterocycles.